The predicted octanol–water partition coefficient (Wildman–Crippen LogP) is 9.33. The van der Waals surface area contributed by atoms with E-state index in [0.717, 1.165) is 71.8 Å². The Morgan fingerprint density at radius 2 is 1.04 bits per heavy atom. The van der Waals surface area contributed by atoms with Gasteiger partial charge < -0.3 is 0 Å². The van der Waals surface area contributed by atoms with Crippen LogP contribution in [0.4, 0.5) is 0 Å². The first kappa shape index (κ1) is 26.5. The Hall–Kier alpha value is -6.66. The van der Waals surface area contributed by atoms with E-state index in [1.54, 1.807) is 4.40 Å². The fourth-order valence-corrected chi connectivity index (χ4v) is 7.16. The van der Waals surface area contributed by atoms with Gasteiger partial charge in [0.15, 0.2) is 5.82 Å². The molecule has 4 heterocycles. The van der Waals surface area contributed by atoms with Crippen LogP contribution in [-0.4, -0.2) is 23.9 Å². The number of benzene rings is 6. The van der Waals surface area contributed by atoms with E-state index in [1.165, 1.54) is 0 Å². The maximum atomic E-state index is 14.3. The molecule has 0 aliphatic carbocycles. The van der Waals surface area contributed by atoms with Crippen molar-refractivity contribution in [1.29, 1.82) is 0 Å². The Morgan fingerprint density at radius 3 is 1.77 bits per heavy atom. The highest BCUT2D eigenvalue weighted by atomic mass is 16.1. The zero-order valence-corrected chi connectivity index (χ0v) is 25.6. The van der Waals surface area contributed by atoms with Crippen molar-refractivity contribution in [3.8, 4) is 39.9 Å². The molecule has 0 spiro atoms. The summed E-state index contributed by atoms with van der Waals surface area (Å²) in [6, 6.07) is 50.8. The molecule has 0 fully saturated rings. The number of aromatic nitrogens is 5. The first-order chi connectivity index (χ1) is 23.7. The summed E-state index contributed by atoms with van der Waals surface area (Å²) in [7, 11) is 0. The van der Waals surface area contributed by atoms with Gasteiger partial charge in [-0.05, 0) is 23.6 Å². The second-order valence-corrected chi connectivity index (χ2v) is 12.0. The smallest absolute Gasteiger partial charge is 0.264 e. The van der Waals surface area contributed by atoms with E-state index in [9.17, 15) is 4.79 Å². The van der Waals surface area contributed by atoms with Crippen LogP contribution in [0.1, 0.15) is 0 Å². The number of rotatable bonds is 4. The Labute approximate surface area is 274 Å². The van der Waals surface area contributed by atoms with E-state index in [1.807, 2.05) is 103 Å². The van der Waals surface area contributed by atoms with Crippen LogP contribution >= 0.6 is 0 Å². The Kier molecular flexibility index (Phi) is 5.63. The van der Waals surface area contributed by atoms with Crippen molar-refractivity contribution < 1.29 is 0 Å². The van der Waals surface area contributed by atoms with Gasteiger partial charge in [-0.25, -0.2) is 15.0 Å². The van der Waals surface area contributed by atoms with Gasteiger partial charge in [0.2, 0.25) is 0 Å². The van der Waals surface area contributed by atoms with Crippen LogP contribution in [0.2, 0.25) is 0 Å². The van der Waals surface area contributed by atoms with Gasteiger partial charge in [-0.3, -0.25) is 13.8 Å². The molecule has 6 nitrogen and oxygen atoms in total. The molecule has 224 valence electrons. The number of pyridine rings is 1. The molecule has 0 unspecified atom stereocenters. The third-order valence-electron chi connectivity index (χ3n) is 9.29. The lowest BCUT2D eigenvalue weighted by molar-refractivity contribution is 1.05. The van der Waals surface area contributed by atoms with Crippen molar-refractivity contribution in [2.45, 2.75) is 0 Å². The summed E-state index contributed by atoms with van der Waals surface area (Å²) in [5.41, 5.74) is 6.99. The average Bonchev–Trinajstić information content (AvgIpc) is 3.72. The Morgan fingerprint density at radius 1 is 0.458 bits per heavy atom. The van der Waals surface area contributed by atoms with Gasteiger partial charge in [-0.1, -0.05) is 127 Å². The van der Waals surface area contributed by atoms with Crippen LogP contribution in [0.3, 0.4) is 0 Å². The minimum atomic E-state index is -0.0822. The van der Waals surface area contributed by atoms with Gasteiger partial charge in [0.1, 0.15) is 17.2 Å². The monoisotopic (exact) mass is 615 g/mol. The summed E-state index contributed by atoms with van der Waals surface area (Å²) >= 11 is 0. The van der Waals surface area contributed by atoms with Crippen LogP contribution in [0.5, 0.6) is 0 Å². The van der Waals surface area contributed by atoms with E-state index < -0.39 is 0 Å². The van der Waals surface area contributed by atoms with Gasteiger partial charge in [-0.2, -0.15) is 0 Å². The summed E-state index contributed by atoms with van der Waals surface area (Å²) in [4.78, 5) is 29.9. The Bertz CT molecular complexity index is 2840. The molecule has 6 aromatic carbocycles. The molecule has 10 rings (SSSR count). The molecule has 0 amide bonds. The zero-order valence-electron chi connectivity index (χ0n) is 25.6. The molecule has 10 aromatic rings. The maximum absolute atomic E-state index is 14.3. The molecule has 0 aliphatic heterocycles. The molecule has 0 N–H and O–H groups in total. The largest absolute Gasteiger partial charge is 0.291 e. The van der Waals surface area contributed by atoms with Crippen molar-refractivity contribution in [3.63, 3.8) is 0 Å². The number of para-hydroxylation sites is 1. The van der Waals surface area contributed by atoms with Crippen molar-refractivity contribution in [1.82, 2.24) is 23.9 Å². The van der Waals surface area contributed by atoms with Crippen LogP contribution in [0, 0.1) is 0 Å². The van der Waals surface area contributed by atoms with Crippen molar-refractivity contribution in [2.24, 2.45) is 0 Å². The number of fused-ring (bicyclic) bond motifs is 6. The van der Waals surface area contributed by atoms with Crippen molar-refractivity contribution >= 4 is 49.0 Å². The molecular weight excluding hydrogens is 590 g/mol. The summed E-state index contributed by atoms with van der Waals surface area (Å²) in [6.07, 6.45) is 0. The molecule has 0 saturated heterocycles. The van der Waals surface area contributed by atoms with Crippen molar-refractivity contribution in [2.75, 3.05) is 0 Å². The molecule has 0 aliphatic rings. The van der Waals surface area contributed by atoms with E-state index in [-0.39, 0.29) is 5.56 Å². The number of nitrogens with zero attached hydrogens (tertiary/aromatic N) is 5. The molecule has 4 aromatic heterocycles. The van der Waals surface area contributed by atoms with Gasteiger partial charge >= 0.3 is 0 Å². The van der Waals surface area contributed by atoms with Gasteiger partial charge in [-0.15, -0.1) is 0 Å². The van der Waals surface area contributed by atoms with Gasteiger partial charge in [0, 0.05) is 44.3 Å². The second-order valence-electron chi connectivity index (χ2n) is 12.0. The molecule has 0 saturated carbocycles. The third kappa shape index (κ3) is 3.80. The standard InChI is InChI=1S/C42H25N5O/c48-42-31-22-11-10-20-29(31)32-24-33-30-21-12-13-23-35(30)46(38(33)37-39(32)47(42)41(45-37)28-18-8-3-9-19-28)36-25-34(26-14-4-1-5-15-26)43-40(44-36)27-16-6-2-7-17-27/h1-25H. The fraction of sp³-hybridized carbons (Fsp3) is 0. The van der Waals surface area contributed by atoms with Gasteiger partial charge in [0.25, 0.3) is 5.56 Å². The molecular formula is C42H25N5O. The summed E-state index contributed by atoms with van der Waals surface area (Å²) in [5, 5.41) is 4.70. The van der Waals surface area contributed by atoms with Crippen molar-refractivity contribution in [3.05, 3.63) is 162 Å². The summed E-state index contributed by atoms with van der Waals surface area (Å²) < 4.78 is 4.00. The lowest BCUT2D eigenvalue weighted by Gasteiger charge is -2.12. The molecule has 48 heavy (non-hydrogen) atoms. The minimum Gasteiger partial charge on any atom is -0.291 e. The molecule has 0 atom stereocenters. The summed E-state index contributed by atoms with van der Waals surface area (Å²) in [5.74, 6) is 1.97. The average molecular weight is 616 g/mol. The SMILES string of the molecule is O=c1c2ccccc2c2cc3c4ccccc4n(-c4cc(-c5ccccc5)nc(-c5ccccc5)n4)c3c3nc(-c4ccccc4)n1c23. The lowest BCUT2D eigenvalue weighted by atomic mass is 10.0. The number of hydrogen-bond donors (Lipinski definition) is 0. The quantitative estimate of drug-likeness (QED) is 0.185. The third-order valence-corrected chi connectivity index (χ3v) is 9.29. The highest BCUT2D eigenvalue weighted by Crippen LogP contribution is 2.41. The maximum Gasteiger partial charge on any atom is 0.264 e. The highest BCUT2D eigenvalue weighted by Gasteiger charge is 2.25. The molecule has 0 bridgehead atoms. The lowest BCUT2D eigenvalue weighted by Crippen LogP contribution is -2.14. The van der Waals surface area contributed by atoms with Crippen LogP contribution in [-0.2, 0) is 0 Å². The first-order valence-corrected chi connectivity index (χ1v) is 15.9. The molecule has 6 heteroatoms. The molecule has 0 radical (unpaired) electrons. The second kappa shape index (κ2) is 10.2. The number of imidazole rings is 1. The topological polar surface area (TPSA) is 65.1 Å². The zero-order chi connectivity index (χ0) is 31.8. The first-order valence-electron chi connectivity index (χ1n) is 15.9. The van der Waals surface area contributed by atoms with Crippen LogP contribution in [0.25, 0.3) is 88.8 Å². The van der Waals surface area contributed by atoms with Gasteiger partial charge in [0.05, 0.1) is 22.2 Å². The van der Waals surface area contributed by atoms with E-state index >= 15 is 0 Å². The van der Waals surface area contributed by atoms with Crippen LogP contribution in [0.15, 0.2) is 156 Å². The minimum absolute atomic E-state index is 0.0822. The normalized spacial score (nSPS) is 11.8. The predicted molar refractivity (Wildman–Crippen MR) is 194 cm³/mol. The van der Waals surface area contributed by atoms with Crippen LogP contribution < -0.4 is 5.56 Å². The highest BCUT2D eigenvalue weighted by molar-refractivity contribution is 6.25. The Balaban J connectivity index is 1.41. The fourth-order valence-electron chi connectivity index (χ4n) is 7.16. The van der Waals surface area contributed by atoms with E-state index in [4.69, 9.17) is 15.0 Å². The van der Waals surface area contributed by atoms with E-state index in [2.05, 4.69) is 53.1 Å². The number of hydrogen-bond acceptors (Lipinski definition) is 4. The van der Waals surface area contributed by atoms with E-state index in [0.29, 0.717) is 17.0 Å². The summed E-state index contributed by atoms with van der Waals surface area (Å²) in [6.45, 7) is 0.